The van der Waals surface area contributed by atoms with Crippen molar-refractivity contribution >= 4 is 11.6 Å². The number of nitrogens with one attached hydrogen (secondary N) is 1. The van der Waals surface area contributed by atoms with E-state index in [0.29, 0.717) is 12.1 Å². The van der Waals surface area contributed by atoms with Gasteiger partial charge in [-0.15, -0.1) is 0 Å². The van der Waals surface area contributed by atoms with E-state index in [2.05, 4.69) is 12.2 Å². The number of hydrogen-bond donors (Lipinski definition) is 1. The maximum Gasteiger partial charge on any atom is 0.228 e. The molecule has 1 heterocycles. The Labute approximate surface area is 112 Å². The number of nitro groups is 1. The first-order valence-corrected chi connectivity index (χ1v) is 6.65. The summed E-state index contributed by atoms with van der Waals surface area (Å²) in [6, 6.07) is 7.37. The van der Waals surface area contributed by atoms with E-state index in [9.17, 15) is 14.9 Å². The van der Waals surface area contributed by atoms with Crippen LogP contribution in [0, 0.1) is 16.0 Å². The molecule has 0 aliphatic carbocycles. The molecular weight excluding hydrogens is 244 g/mol. The molecule has 0 saturated carbocycles. The van der Waals surface area contributed by atoms with Crippen molar-refractivity contribution < 1.29 is 9.72 Å². The molecule has 1 aliphatic rings. The first-order valence-electron chi connectivity index (χ1n) is 6.65. The van der Waals surface area contributed by atoms with Crippen LogP contribution >= 0.6 is 0 Å². The Hall–Kier alpha value is -1.91. The second-order valence-corrected chi connectivity index (χ2v) is 4.95. The average Bonchev–Trinajstić information content (AvgIpc) is 2.37. The number of fused-ring (bicyclic) bond motifs is 1. The third kappa shape index (κ3) is 2.92. The van der Waals surface area contributed by atoms with Crippen LogP contribution in [0.5, 0.6) is 0 Å². The minimum Gasteiger partial charge on any atom is -0.326 e. The number of nitrogens with zero attached hydrogens (tertiary/aromatic N) is 1. The van der Waals surface area contributed by atoms with Crippen molar-refractivity contribution in [2.24, 2.45) is 5.92 Å². The second-order valence-electron chi connectivity index (χ2n) is 4.95. The Balaban J connectivity index is 2.32. The largest absolute Gasteiger partial charge is 0.326 e. The minimum atomic E-state index is -0.320. The lowest BCUT2D eigenvalue weighted by Gasteiger charge is -2.30. The van der Waals surface area contributed by atoms with Gasteiger partial charge in [0, 0.05) is 10.6 Å². The van der Waals surface area contributed by atoms with E-state index < -0.39 is 0 Å². The Morgan fingerprint density at radius 3 is 2.74 bits per heavy atom. The summed E-state index contributed by atoms with van der Waals surface area (Å²) in [5.74, 6) is -0.689. The van der Waals surface area contributed by atoms with Crippen molar-refractivity contribution in [1.29, 1.82) is 0 Å². The number of amides is 1. The number of hydrogen-bond acceptors (Lipinski definition) is 3. The van der Waals surface area contributed by atoms with Crippen molar-refractivity contribution in [3.8, 4) is 0 Å². The zero-order valence-electron chi connectivity index (χ0n) is 11.0. The lowest BCUT2D eigenvalue weighted by atomic mass is 9.79. The predicted molar refractivity (Wildman–Crippen MR) is 72.7 cm³/mol. The first-order chi connectivity index (χ1) is 9.13. The molecule has 0 bridgehead atoms. The fourth-order valence-corrected chi connectivity index (χ4v) is 2.70. The van der Waals surface area contributed by atoms with Gasteiger partial charge in [-0.2, -0.15) is 0 Å². The second kappa shape index (κ2) is 5.82. The van der Waals surface area contributed by atoms with Gasteiger partial charge in [0.25, 0.3) is 0 Å². The summed E-state index contributed by atoms with van der Waals surface area (Å²) >= 11 is 0. The van der Waals surface area contributed by atoms with E-state index in [0.717, 1.165) is 18.4 Å². The molecule has 0 unspecified atom stereocenters. The van der Waals surface area contributed by atoms with Crippen LogP contribution in [0.25, 0.3) is 0 Å². The Kier molecular flexibility index (Phi) is 4.14. The zero-order chi connectivity index (χ0) is 13.8. The summed E-state index contributed by atoms with van der Waals surface area (Å²) in [5.41, 5.74) is 1.60. The van der Waals surface area contributed by atoms with Crippen LogP contribution in [0.2, 0.25) is 0 Å². The van der Waals surface area contributed by atoms with Crippen LogP contribution in [0.3, 0.4) is 0 Å². The SMILES string of the molecule is CCCC[C@@H]1C(=O)Nc2ccccc2[C@@H]1C[N+](=O)[O-]. The molecule has 5 nitrogen and oxygen atoms in total. The molecule has 1 amide bonds. The van der Waals surface area contributed by atoms with Crippen LogP contribution in [-0.2, 0) is 4.79 Å². The summed E-state index contributed by atoms with van der Waals surface area (Å²) in [4.78, 5) is 22.7. The molecule has 0 radical (unpaired) electrons. The van der Waals surface area contributed by atoms with Gasteiger partial charge in [-0.3, -0.25) is 14.9 Å². The van der Waals surface area contributed by atoms with Gasteiger partial charge in [0.15, 0.2) is 0 Å². The predicted octanol–water partition coefficient (Wildman–Crippen LogP) is 2.81. The molecule has 0 spiro atoms. The van der Waals surface area contributed by atoms with Gasteiger partial charge >= 0.3 is 0 Å². The third-order valence-corrected chi connectivity index (χ3v) is 3.66. The van der Waals surface area contributed by atoms with E-state index in [1.807, 2.05) is 18.2 Å². The molecule has 0 saturated heterocycles. The third-order valence-electron chi connectivity index (χ3n) is 3.66. The van der Waals surface area contributed by atoms with Gasteiger partial charge in [0.1, 0.15) is 0 Å². The molecule has 2 rings (SSSR count). The molecule has 1 N–H and O–H groups in total. The summed E-state index contributed by atoms with van der Waals surface area (Å²) in [7, 11) is 0. The van der Waals surface area contributed by atoms with E-state index >= 15 is 0 Å². The molecule has 0 aromatic heterocycles. The van der Waals surface area contributed by atoms with Gasteiger partial charge in [-0.1, -0.05) is 38.0 Å². The number of unbranched alkanes of at least 4 members (excludes halogenated alkanes) is 1. The zero-order valence-corrected chi connectivity index (χ0v) is 11.0. The van der Waals surface area contributed by atoms with Crippen LogP contribution in [0.1, 0.15) is 37.7 Å². The molecule has 5 heteroatoms. The first kappa shape index (κ1) is 13.5. The maximum atomic E-state index is 12.1. The molecule has 19 heavy (non-hydrogen) atoms. The highest BCUT2D eigenvalue weighted by atomic mass is 16.6. The Bertz CT molecular complexity index is 487. The number of carbonyl (C=O) groups is 1. The standard InChI is InChI=1S/C14H18N2O3/c1-2-3-6-11-12(9-16(18)19)10-7-4-5-8-13(10)15-14(11)17/h4-5,7-8,11-12H,2-3,6,9H2,1H3,(H,15,17)/t11-,12-/m0/s1. The normalized spacial score (nSPS) is 21.6. The number of para-hydroxylation sites is 1. The van der Waals surface area contributed by atoms with Gasteiger partial charge in [0.05, 0.1) is 11.8 Å². The van der Waals surface area contributed by atoms with E-state index in [-0.39, 0.29) is 29.2 Å². The van der Waals surface area contributed by atoms with Gasteiger partial charge in [0.2, 0.25) is 12.5 Å². The quantitative estimate of drug-likeness (QED) is 0.655. The van der Waals surface area contributed by atoms with Gasteiger partial charge in [-0.05, 0) is 18.1 Å². The van der Waals surface area contributed by atoms with Crippen LogP contribution in [-0.4, -0.2) is 17.4 Å². The van der Waals surface area contributed by atoms with Crippen molar-refractivity contribution in [3.05, 3.63) is 39.9 Å². The Morgan fingerprint density at radius 1 is 1.32 bits per heavy atom. The molecular formula is C14H18N2O3. The van der Waals surface area contributed by atoms with E-state index in [4.69, 9.17) is 0 Å². The number of carbonyl (C=O) groups excluding carboxylic acids is 1. The van der Waals surface area contributed by atoms with Crippen molar-refractivity contribution in [2.75, 3.05) is 11.9 Å². The molecule has 1 aliphatic heterocycles. The van der Waals surface area contributed by atoms with Crippen LogP contribution in [0.4, 0.5) is 5.69 Å². The highest BCUT2D eigenvalue weighted by molar-refractivity contribution is 5.96. The Morgan fingerprint density at radius 2 is 2.05 bits per heavy atom. The van der Waals surface area contributed by atoms with E-state index in [1.165, 1.54) is 0 Å². The molecule has 2 atom stereocenters. The summed E-state index contributed by atoms with van der Waals surface area (Å²) in [6.07, 6.45) is 2.60. The monoisotopic (exact) mass is 262 g/mol. The lowest BCUT2D eigenvalue weighted by Crippen LogP contribution is -2.36. The van der Waals surface area contributed by atoms with E-state index in [1.54, 1.807) is 6.07 Å². The molecule has 1 aromatic rings. The maximum absolute atomic E-state index is 12.1. The number of anilines is 1. The van der Waals surface area contributed by atoms with Gasteiger partial charge in [-0.25, -0.2) is 0 Å². The highest BCUT2D eigenvalue weighted by Gasteiger charge is 2.37. The fourth-order valence-electron chi connectivity index (χ4n) is 2.70. The molecule has 0 fully saturated rings. The average molecular weight is 262 g/mol. The lowest BCUT2D eigenvalue weighted by molar-refractivity contribution is -0.484. The topological polar surface area (TPSA) is 72.2 Å². The summed E-state index contributed by atoms with van der Waals surface area (Å²) in [5, 5.41) is 13.7. The minimum absolute atomic E-state index is 0.0843. The van der Waals surface area contributed by atoms with Crippen molar-refractivity contribution in [1.82, 2.24) is 0 Å². The van der Waals surface area contributed by atoms with Crippen LogP contribution < -0.4 is 5.32 Å². The molecule has 102 valence electrons. The van der Waals surface area contributed by atoms with Crippen molar-refractivity contribution in [2.45, 2.75) is 32.1 Å². The summed E-state index contributed by atoms with van der Waals surface area (Å²) in [6.45, 7) is 1.87. The highest BCUT2D eigenvalue weighted by Crippen LogP contribution is 2.38. The molecule has 1 aromatic carbocycles. The number of rotatable bonds is 5. The smallest absolute Gasteiger partial charge is 0.228 e. The van der Waals surface area contributed by atoms with Crippen molar-refractivity contribution in [3.63, 3.8) is 0 Å². The van der Waals surface area contributed by atoms with Gasteiger partial charge < -0.3 is 5.32 Å². The fraction of sp³-hybridized carbons (Fsp3) is 0.500. The number of benzene rings is 1. The van der Waals surface area contributed by atoms with Crippen LogP contribution in [0.15, 0.2) is 24.3 Å². The summed E-state index contributed by atoms with van der Waals surface area (Å²) < 4.78 is 0.